The number of aromatic nitrogens is 1. The molecule has 0 unspecified atom stereocenters. The van der Waals surface area contributed by atoms with E-state index in [0.29, 0.717) is 55.5 Å². The zero-order chi connectivity index (χ0) is 23.5. The molecule has 1 aromatic heterocycles. The Morgan fingerprint density at radius 2 is 1.47 bits per heavy atom. The molecule has 2 aromatic carbocycles. The highest BCUT2D eigenvalue weighted by Crippen LogP contribution is 2.38. The largest absolute Gasteiger partial charge is 0.492 e. The Bertz CT molecular complexity index is 1220. The van der Waals surface area contributed by atoms with Gasteiger partial charge in [0, 0.05) is 32.4 Å². The van der Waals surface area contributed by atoms with Crippen LogP contribution in [0.5, 0.6) is 5.75 Å². The fourth-order valence-electron chi connectivity index (χ4n) is 4.51. The van der Waals surface area contributed by atoms with Crippen LogP contribution in [0.2, 0.25) is 0 Å². The summed E-state index contributed by atoms with van der Waals surface area (Å²) in [4.78, 5) is 37.5. The Morgan fingerprint density at radius 3 is 2.18 bits per heavy atom. The molecule has 0 bridgehead atoms. The molecule has 7 nitrogen and oxygen atoms in total. The summed E-state index contributed by atoms with van der Waals surface area (Å²) in [6.07, 6.45) is 1.78. The number of hydrogen-bond acceptors (Lipinski definition) is 6. The molecule has 3 heterocycles. The second-order valence-corrected chi connectivity index (χ2v) is 8.10. The third-order valence-electron chi connectivity index (χ3n) is 6.10. The standard InChI is InChI=1S/C27H26N4O3/c1-2-34-22-13-7-6-12-21(22)31-26(32)24(20-10-4-3-5-11-20)25(27(31)33)30-18-16-29(17-19-30)23-14-8-9-15-28-23/h3-15H,2,16-19H2,1H3. The zero-order valence-corrected chi connectivity index (χ0v) is 19.1. The molecule has 0 N–H and O–H groups in total. The Morgan fingerprint density at radius 1 is 0.794 bits per heavy atom. The van der Waals surface area contributed by atoms with Gasteiger partial charge in [0.25, 0.3) is 11.8 Å². The van der Waals surface area contributed by atoms with Gasteiger partial charge in [-0.15, -0.1) is 0 Å². The van der Waals surface area contributed by atoms with Crippen LogP contribution in [0, 0.1) is 0 Å². The van der Waals surface area contributed by atoms with E-state index >= 15 is 0 Å². The summed E-state index contributed by atoms with van der Waals surface area (Å²) >= 11 is 0. The van der Waals surface area contributed by atoms with Crippen molar-refractivity contribution in [3.05, 3.63) is 90.3 Å². The number of rotatable bonds is 6. The molecular formula is C27H26N4O3. The number of anilines is 2. The number of imide groups is 1. The molecule has 0 saturated carbocycles. The van der Waals surface area contributed by atoms with Crippen molar-refractivity contribution in [2.45, 2.75) is 6.92 Å². The van der Waals surface area contributed by atoms with Gasteiger partial charge in [-0.05, 0) is 36.8 Å². The maximum absolute atomic E-state index is 13.8. The smallest absolute Gasteiger partial charge is 0.282 e. The average molecular weight is 455 g/mol. The lowest BCUT2D eigenvalue weighted by Gasteiger charge is -2.37. The number of pyridine rings is 1. The van der Waals surface area contributed by atoms with Crippen molar-refractivity contribution in [2.75, 3.05) is 42.6 Å². The van der Waals surface area contributed by atoms with Crippen LogP contribution in [0.3, 0.4) is 0 Å². The number of amides is 2. The maximum Gasteiger partial charge on any atom is 0.282 e. The van der Waals surface area contributed by atoms with Crippen molar-refractivity contribution >= 4 is 28.9 Å². The van der Waals surface area contributed by atoms with Crippen molar-refractivity contribution in [2.24, 2.45) is 0 Å². The van der Waals surface area contributed by atoms with Crippen molar-refractivity contribution in [1.82, 2.24) is 9.88 Å². The summed E-state index contributed by atoms with van der Waals surface area (Å²) < 4.78 is 5.74. The molecule has 0 radical (unpaired) electrons. The van der Waals surface area contributed by atoms with Crippen LogP contribution in [-0.2, 0) is 9.59 Å². The summed E-state index contributed by atoms with van der Waals surface area (Å²) in [5.74, 6) is 0.786. The highest BCUT2D eigenvalue weighted by Gasteiger charge is 2.44. The van der Waals surface area contributed by atoms with Crippen molar-refractivity contribution < 1.29 is 14.3 Å². The van der Waals surface area contributed by atoms with Gasteiger partial charge >= 0.3 is 0 Å². The predicted molar refractivity (Wildman–Crippen MR) is 131 cm³/mol. The third kappa shape index (κ3) is 3.90. The van der Waals surface area contributed by atoms with E-state index in [-0.39, 0.29) is 11.8 Å². The highest BCUT2D eigenvalue weighted by molar-refractivity contribution is 6.45. The molecule has 1 saturated heterocycles. The molecule has 0 atom stereocenters. The molecule has 34 heavy (non-hydrogen) atoms. The van der Waals surface area contributed by atoms with Gasteiger partial charge in [-0.2, -0.15) is 0 Å². The molecule has 3 aromatic rings. The quantitative estimate of drug-likeness (QED) is 0.531. The van der Waals surface area contributed by atoms with E-state index in [1.54, 1.807) is 18.3 Å². The van der Waals surface area contributed by atoms with Gasteiger partial charge in [0.15, 0.2) is 0 Å². The van der Waals surface area contributed by atoms with Crippen LogP contribution in [0.4, 0.5) is 11.5 Å². The minimum absolute atomic E-state index is 0.317. The molecular weight excluding hydrogens is 428 g/mol. The van der Waals surface area contributed by atoms with Crippen molar-refractivity contribution in [3.63, 3.8) is 0 Å². The topological polar surface area (TPSA) is 66.0 Å². The first-order chi connectivity index (χ1) is 16.7. The molecule has 7 heteroatoms. The van der Waals surface area contributed by atoms with Crippen LogP contribution >= 0.6 is 0 Å². The lowest BCUT2D eigenvalue weighted by atomic mass is 10.0. The first-order valence-corrected chi connectivity index (χ1v) is 11.5. The highest BCUT2D eigenvalue weighted by atomic mass is 16.5. The summed E-state index contributed by atoms with van der Waals surface area (Å²) in [5.41, 5.74) is 2.08. The molecule has 5 rings (SSSR count). The number of benzene rings is 2. The van der Waals surface area contributed by atoms with E-state index < -0.39 is 0 Å². The van der Waals surface area contributed by atoms with E-state index in [9.17, 15) is 9.59 Å². The van der Waals surface area contributed by atoms with E-state index in [2.05, 4.69) is 9.88 Å². The van der Waals surface area contributed by atoms with Gasteiger partial charge in [0.05, 0.1) is 17.9 Å². The lowest BCUT2D eigenvalue weighted by molar-refractivity contribution is -0.120. The number of ether oxygens (including phenoxy) is 1. The maximum atomic E-state index is 13.8. The second kappa shape index (κ2) is 9.39. The van der Waals surface area contributed by atoms with Gasteiger partial charge in [0.1, 0.15) is 17.3 Å². The molecule has 2 amide bonds. The number of nitrogens with zero attached hydrogens (tertiary/aromatic N) is 4. The zero-order valence-electron chi connectivity index (χ0n) is 19.1. The predicted octanol–water partition coefficient (Wildman–Crippen LogP) is 3.59. The Kier molecular flexibility index (Phi) is 5.99. The van der Waals surface area contributed by atoms with Crippen LogP contribution < -0.4 is 14.5 Å². The SMILES string of the molecule is CCOc1ccccc1N1C(=O)C(c2ccccc2)=C(N2CCN(c3ccccn3)CC2)C1=O. The molecule has 0 aliphatic carbocycles. The third-order valence-corrected chi connectivity index (χ3v) is 6.10. The van der Waals surface area contributed by atoms with Gasteiger partial charge in [0.2, 0.25) is 0 Å². The van der Waals surface area contributed by atoms with Gasteiger partial charge in [-0.1, -0.05) is 48.5 Å². The average Bonchev–Trinajstić information content (AvgIpc) is 3.15. The lowest BCUT2D eigenvalue weighted by Crippen LogP contribution is -2.48. The van der Waals surface area contributed by atoms with Gasteiger partial charge in [-0.3, -0.25) is 9.59 Å². The molecule has 0 spiro atoms. The molecule has 1 fully saturated rings. The van der Waals surface area contributed by atoms with Crippen LogP contribution in [-0.4, -0.2) is 54.5 Å². The Balaban J connectivity index is 1.50. The number of piperazine rings is 1. The van der Waals surface area contributed by atoms with Crippen LogP contribution in [0.25, 0.3) is 5.57 Å². The number of carbonyl (C=O) groups excluding carboxylic acids is 2. The first kappa shape index (κ1) is 21.7. The minimum atomic E-state index is -0.328. The number of hydrogen-bond donors (Lipinski definition) is 0. The van der Waals surface area contributed by atoms with Crippen LogP contribution in [0.15, 0.2) is 84.7 Å². The summed E-state index contributed by atoms with van der Waals surface area (Å²) in [6, 6.07) is 22.5. The van der Waals surface area contributed by atoms with Gasteiger partial charge < -0.3 is 14.5 Å². The fraction of sp³-hybridized carbons (Fsp3) is 0.222. The Labute approximate surface area is 198 Å². The van der Waals surface area contributed by atoms with Crippen LogP contribution in [0.1, 0.15) is 12.5 Å². The van der Waals surface area contributed by atoms with Crippen molar-refractivity contribution in [3.8, 4) is 5.75 Å². The monoisotopic (exact) mass is 454 g/mol. The minimum Gasteiger partial charge on any atom is -0.492 e. The molecule has 2 aliphatic heterocycles. The Hall–Kier alpha value is -4.13. The summed E-state index contributed by atoms with van der Waals surface area (Å²) in [6.45, 7) is 4.96. The molecule has 2 aliphatic rings. The summed E-state index contributed by atoms with van der Waals surface area (Å²) in [5, 5.41) is 0. The van der Waals surface area contributed by atoms with E-state index in [1.807, 2.05) is 72.5 Å². The second-order valence-electron chi connectivity index (χ2n) is 8.10. The fourth-order valence-corrected chi connectivity index (χ4v) is 4.51. The number of carbonyl (C=O) groups is 2. The van der Waals surface area contributed by atoms with Gasteiger partial charge in [-0.25, -0.2) is 9.88 Å². The molecule has 172 valence electrons. The summed E-state index contributed by atoms with van der Waals surface area (Å²) in [7, 11) is 0. The van der Waals surface area contributed by atoms with E-state index in [0.717, 1.165) is 11.4 Å². The normalized spacial score (nSPS) is 16.4. The first-order valence-electron chi connectivity index (χ1n) is 11.5. The van der Waals surface area contributed by atoms with E-state index in [4.69, 9.17) is 4.74 Å². The van der Waals surface area contributed by atoms with Crippen molar-refractivity contribution in [1.29, 1.82) is 0 Å². The van der Waals surface area contributed by atoms with E-state index in [1.165, 1.54) is 4.90 Å². The number of para-hydroxylation sites is 2.